The van der Waals surface area contributed by atoms with Crippen LogP contribution in [0.25, 0.3) is 0 Å². The van der Waals surface area contributed by atoms with Crippen molar-refractivity contribution in [2.24, 2.45) is 10.7 Å². The van der Waals surface area contributed by atoms with Crippen LogP contribution in [-0.2, 0) is 9.53 Å². The lowest BCUT2D eigenvalue weighted by atomic mass is 9.96. The second-order valence-electron chi connectivity index (χ2n) is 7.50. The number of nitrogens with one attached hydrogen (secondary N) is 1. The zero-order valence-electron chi connectivity index (χ0n) is 15.2. The number of carbonyl (C=O) groups is 1. The third kappa shape index (κ3) is 11.0. The fraction of sp³-hybridized carbons (Fsp3) is 0.889. The molecule has 1 saturated carbocycles. The van der Waals surface area contributed by atoms with E-state index in [1.54, 1.807) is 0 Å². The standard InChI is InChI=1S/C18H35N3O2/c1-18(2,3)23-16(22)13-9-4-5-10-14-20-17(19)21-15-11-7-6-8-12-15/h15H,4-14H2,1-3H3,(H3,19,20,21). The predicted molar refractivity (Wildman–Crippen MR) is 95.4 cm³/mol. The van der Waals surface area contributed by atoms with Gasteiger partial charge >= 0.3 is 5.97 Å². The quantitative estimate of drug-likeness (QED) is 0.310. The van der Waals surface area contributed by atoms with Crippen LogP contribution in [0.1, 0.15) is 85.0 Å². The molecule has 0 atom stereocenters. The van der Waals surface area contributed by atoms with Gasteiger partial charge in [0.1, 0.15) is 5.60 Å². The summed E-state index contributed by atoms with van der Waals surface area (Å²) >= 11 is 0. The van der Waals surface area contributed by atoms with Crippen LogP contribution in [0, 0.1) is 0 Å². The summed E-state index contributed by atoms with van der Waals surface area (Å²) in [6, 6.07) is 0.515. The average Bonchev–Trinajstić information content (AvgIpc) is 2.45. The van der Waals surface area contributed by atoms with Crippen molar-refractivity contribution in [1.29, 1.82) is 0 Å². The topological polar surface area (TPSA) is 76.7 Å². The fourth-order valence-electron chi connectivity index (χ4n) is 2.83. The largest absolute Gasteiger partial charge is 0.460 e. The fourth-order valence-corrected chi connectivity index (χ4v) is 2.83. The molecule has 0 radical (unpaired) electrons. The first kappa shape index (κ1) is 19.8. The highest BCUT2D eigenvalue weighted by molar-refractivity contribution is 5.78. The maximum absolute atomic E-state index is 11.6. The van der Waals surface area contributed by atoms with Crippen LogP contribution < -0.4 is 11.1 Å². The second-order valence-corrected chi connectivity index (χ2v) is 7.50. The van der Waals surface area contributed by atoms with Gasteiger partial charge in [-0.3, -0.25) is 9.79 Å². The van der Waals surface area contributed by atoms with E-state index in [9.17, 15) is 4.79 Å². The van der Waals surface area contributed by atoms with Gasteiger partial charge in [-0.05, 0) is 46.5 Å². The van der Waals surface area contributed by atoms with Crippen molar-refractivity contribution >= 4 is 11.9 Å². The van der Waals surface area contributed by atoms with E-state index in [1.807, 2.05) is 20.8 Å². The van der Waals surface area contributed by atoms with Gasteiger partial charge in [0.05, 0.1) is 0 Å². The number of unbranched alkanes of at least 4 members (excludes halogenated alkanes) is 3. The molecule has 3 N–H and O–H groups in total. The van der Waals surface area contributed by atoms with E-state index in [2.05, 4.69) is 10.3 Å². The van der Waals surface area contributed by atoms with Crippen LogP contribution in [0.4, 0.5) is 0 Å². The molecule has 0 unspecified atom stereocenters. The SMILES string of the molecule is CC(C)(C)OC(=O)CCCCCCN=C(N)NC1CCCCC1. The number of nitrogens with two attached hydrogens (primary N) is 1. The minimum Gasteiger partial charge on any atom is -0.460 e. The Kier molecular flexibility index (Phi) is 9.03. The molecule has 0 heterocycles. The van der Waals surface area contributed by atoms with E-state index < -0.39 is 0 Å². The minimum atomic E-state index is -0.380. The summed E-state index contributed by atoms with van der Waals surface area (Å²) in [6.07, 6.45) is 10.9. The third-order valence-corrected chi connectivity index (χ3v) is 3.95. The van der Waals surface area contributed by atoms with E-state index in [-0.39, 0.29) is 11.6 Å². The number of ether oxygens (including phenoxy) is 1. The Morgan fingerprint density at radius 1 is 1.13 bits per heavy atom. The van der Waals surface area contributed by atoms with Gasteiger partial charge in [0.25, 0.3) is 0 Å². The van der Waals surface area contributed by atoms with Gasteiger partial charge in [0, 0.05) is 19.0 Å². The highest BCUT2D eigenvalue weighted by atomic mass is 16.6. The molecule has 134 valence electrons. The Morgan fingerprint density at radius 3 is 2.43 bits per heavy atom. The van der Waals surface area contributed by atoms with Gasteiger partial charge in [-0.15, -0.1) is 0 Å². The van der Waals surface area contributed by atoms with Crippen molar-refractivity contribution in [2.75, 3.05) is 6.54 Å². The van der Waals surface area contributed by atoms with Gasteiger partial charge in [-0.25, -0.2) is 0 Å². The predicted octanol–water partition coefficient (Wildman–Crippen LogP) is 3.52. The Morgan fingerprint density at radius 2 is 1.78 bits per heavy atom. The van der Waals surface area contributed by atoms with Crippen LogP contribution in [0.15, 0.2) is 4.99 Å². The molecular weight excluding hydrogens is 290 g/mol. The molecule has 1 rings (SSSR count). The summed E-state index contributed by atoms with van der Waals surface area (Å²) in [5, 5.41) is 3.32. The molecule has 0 aromatic heterocycles. The number of carbonyl (C=O) groups excluding carboxylic acids is 1. The normalized spacial score (nSPS) is 17.1. The van der Waals surface area contributed by atoms with E-state index in [4.69, 9.17) is 10.5 Å². The molecular formula is C18H35N3O2. The Hall–Kier alpha value is -1.26. The number of aliphatic imine (C=N–C) groups is 1. The maximum atomic E-state index is 11.6. The van der Waals surface area contributed by atoms with Gasteiger partial charge < -0.3 is 15.8 Å². The van der Waals surface area contributed by atoms with Crippen LogP contribution in [0.3, 0.4) is 0 Å². The number of esters is 1. The molecule has 23 heavy (non-hydrogen) atoms. The molecule has 0 saturated heterocycles. The summed E-state index contributed by atoms with van der Waals surface area (Å²) in [4.78, 5) is 15.9. The van der Waals surface area contributed by atoms with Crippen LogP contribution >= 0.6 is 0 Å². The lowest BCUT2D eigenvalue weighted by molar-refractivity contribution is -0.154. The van der Waals surface area contributed by atoms with Gasteiger partial charge in [0.15, 0.2) is 5.96 Å². The van der Waals surface area contributed by atoms with Crippen molar-refractivity contribution in [3.8, 4) is 0 Å². The van der Waals surface area contributed by atoms with Crippen molar-refractivity contribution in [1.82, 2.24) is 5.32 Å². The zero-order valence-corrected chi connectivity index (χ0v) is 15.2. The summed E-state index contributed by atoms with van der Waals surface area (Å²) in [6.45, 7) is 6.45. The average molecular weight is 325 g/mol. The number of nitrogens with zero attached hydrogens (tertiary/aromatic N) is 1. The third-order valence-electron chi connectivity index (χ3n) is 3.95. The summed E-state index contributed by atoms with van der Waals surface area (Å²) in [5.74, 6) is 0.488. The van der Waals surface area contributed by atoms with Crippen molar-refractivity contribution in [2.45, 2.75) is 96.6 Å². The summed E-state index contributed by atoms with van der Waals surface area (Å²) < 4.78 is 5.28. The highest BCUT2D eigenvalue weighted by Crippen LogP contribution is 2.17. The molecule has 0 aliphatic heterocycles. The van der Waals surface area contributed by atoms with E-state index in [0.717, 1.165) is 32.2 Å². The smallest absolute Gasteiger partial charge is 0.306 e. The van der Waals surface area contributed by atoms with Crippen molar-refractivity contribution in [3.05, 3.63) is 0 Å². The maximum Gasteiger partial charge on any atom is 0.306 e. The molecule has 5 heteroatoms. The first-order valence-electron chi connectivity index (χ1n) is 9.15. The summed E-state index contributed by atoms with van der Waals surface area (Å²) in [7, 11) is 0. The highest BCUT2D eigenvalue weighted by Gasteiger charge is 2.15. The Bertz CT molecular complexity index is 369. The number of hydrogen-bond donors (Lipinski definition) is 2. The Labute approximate surface area is 141 Å². The van der Waals surface area contributed by atoms with Crippen LogP contribution in [0.2, 0.25) is 0 Å². The molecule has 5 nitrogen and oxygen atoms in total. The zero-order chi connectivity index (χ0) is 17.1. The molecule has 0 amide bonds. The van der Waals surface area contributed by atoms with Crippen molar-refractivity contribution < 1.29 is 9.53 Å². The van der Waals surface area contributed by atoms with Gasteiger partial charge in [0.2, 0.25) is 0 Å². The van der Waals surface area contributed by atoms with Crippen LogP contribution in [0.5, 0.6) is 0 Å². The van der Waals surface area contributed by atoms with Gasteiger partial charge in [-0.2, -0.15) is 0 Å². The lowest BCUT2D eigenvalue weighted by Crippen LogP contribution is -2.41. The molecule has 1 fully saturated rings. The van der Waals surface area contributed by atoms with E-state index >= 15 is 0 Å². The monoisotopic (exact) mass is 325 g/mol. The van der Waals surface area contributed by atoms with E-state index in [0.29, 0.717) is 18.4 Å². The summed E-state index contributed by atoms with van der Waals surface area (Å²) in [5.41, 5.74) is 5.54. The van der Waals surface area contributed by atoms with Gasteiger partial charge in [-0.1, -0.05) is 32.1 Å². The number of hydrogen-bond acceptors (Lipinski definition) is 3. The molecule has 0 bridgehead atoms. The molecule has 1 aliphatic rings. The number of guanidine groups is 1. The molecule has 0 aromatic rings. The van der Waals surface area contributed by atoms with Crippen LogP contribution in [-0.4, -0.2) is 30.1 Å². The second kappa shape index (κ2) is 10.5. The van der Waals surface area contributed by atoms with Crippen molar-refractivity contribution in [3.63, 3.8) is 0 Å². The molecule has 0 aromatic carbocycles. The van der Waals surface area contributed by atoms with E-state index in [1.165, 1.54) is 32.1 Å². The Balaban J connectivity index is 1.99. The molecule has 0 spiro atoms. The first-order chi connectivity index (χ1) is 10.9. The first-order valence-corrected chi connectivity index (χ1v) is 9.15. The lowest BCUT2D eigenvalue weighted by Gasteiger charge is -2.23. The molecule has 1 aliphatic carbocycles. The minimum absolute atomic E-state index is 0.101. The number of rotatable bonds is 8.